The standard InChI is InChI=1S/C24H28N2O2/c1-17(2)12-24(27)26(15-20-8-6-5-7-9-20)16-21-14-23(28-25-21)22-13-18(3)10-11-19(22)4/h5-11,13-14,17H,12,15-16H2,1-4H3. The van der Waals surface area contributed by atoms with Crippen molar-refractivity contribution in [2.45, 2.75) is 47.2 Å². The van der Waals surface area contributed by atoms with Crippen molar-refractivity contribution in [1.82, 2.24) is 10.1 Å². The summed E-state index contributed by atoms with van der Waals surface area (Å²) in [5, 5.41) is 4.24. The quantitative estimate of drug-likeness (QED) is 0.544. The van der Waals surface area contributed by atoms with Crippen molar-refractivity contribution >= 4 is 5.91 Å². The molecular weight excluding hydrogens is 348 g/mol. The highest BCUT2D eigenvalue weighted by Crippen LogP contribution is 2.26. The van der Waals surface area contributed by atoms with Crippen LogP contribution in [0.25, 0.3) is 11.3 Å². The van der Waals surface area contributed by atoms with Crippen molar-refractivity contribution in [2.24, 2.45) is 5.92 Å². The van der Waals surface area contributed by atoms with Crippen LogP contribution in [0.3, 0.4) is 0 Å². The Balaban J connectivity index is 1.81. The first-order valence-electron chi connectivity index (χ1n) is 9.77. The van der Waals surface area contributed by atoms with Crippen LogP contribution in [0.4, 0.5) is 0 Å². The molecule has 0 atom stereocenters. The predicted molar refractivity (Wildman–Crippen MR) is 112 cm³/mol. The van der Waals surface area contributed by atoms with Crippen LogP contribution < -0.4 is 0 Å². The topological polar surface area (TPSA) is 46.3 Å². The Hall–Kier alpha value is -2.88. The van der Waals surface area contributed by atoms with Gasteiger partial charge in [0.2, 0.25) is 5.91 Å². The summed E-state index contributed by atoms with van der Waals surface area (Å²) in [4.78, 5) is 14.7. The molecule has 1 heterocycles. The van der Waals surface area contributed by atoms with E-state index in [0.717, 1.165) is 28.1 Å². The Morgan fingerprint density at radius 2 is 1.79 bits per heavy atom. The highest BCUT2D eigenvalue weighted by Gasteiger charge is 2.18. The Labute approximate surface area is 167 Å². The van der Waals surface area contributed by atoms with Gasteiger partial charge < -0.3 is 9.42 Å². The number of benzene rings is 2. The summed E-state index contributed by atoms with van der Waals surface area (Å²) in [6.07, 6.45) is 0.522. The minimum atomic E-state index is 0.134. The average molecular weight is 377 g/mol. The van der Waals surface area contributed by atoms with E-state index in [1.807, 2.05) is 41.3 Å². The smallest absolute Gasteiger partial charge is 0.223 e. The van der Waals surface area contributed by atoms with Crippen LogP contribution in [-0.4, -0.2) is 16.0 Å². The molecule has 0 spiro atoms. The zero-order valence-corrected chi connectivity index (χ0v) is 17.1. The predicted octanol–water partition coefficient (Wildman–Crippen LogP) is 5.53. The summed E-state index contributed by atoms with van der Waals surface area (Å²) in [5.41, 5.74) is 5.24. The number of rotatable bonds is 7. The molecule has 0 N–H and O–H groups in total. The number of carbonyl (C=O) groups excluding carboxylic acids is 1. The van der Waals surface area contributed by atoms with E-state index in [1.54, 1.807) is 0 Å². The van der Waals surface area contributed by atoms with Crippen molar-refractivity contribution < 1.29 is 9.32 Å². The molecule has 0 saturated carbocycles. The van der Waals surface area contributed by atoms with Gasteiger partial charge in [-0.3, -0.25) is 4.79 Å². The van der Waals surface area contributed by atoms with Gasteiger partial charge in [0.1, 0.15) is 5.69 Å². The largest absolute Gasteiger partial charge is 0.356 e. The Kier molecular flexibility index (Phi) is 6.30. The molecule has 0 radical (unpaired) electrons. The lowest BCUT2D eigenvalue weighted by molar-refractivity contribution is -0.133. The number of carbonyl (C=O) groups is 1. The fourth-order valence-electron chi connectivity index (χ4n) is 3.22. The second kappa shape index (κ2) is 8.87. The third-order valence-corrected chi connectivity index (χ3v) is 4.72. The van der Waals surface area contributed by atoms with Crippen LogP contribution in [0.15, 0.2) is 59.1 Å². The molecular formula is C24H28N2O2. The molecule has 3 rings (SSSR count). The van der Waals surface area contributed by atoms with E-state index < -0.39 is 0 Å². The number of amides is 1. The third kappa shape index (κ3) is 5.10. The van der Waals surface area contributed by atoms with Crippen LogP contribution in [0.1, 0.15) is 42.7 Å². The minimum Gasteiger partial charge on any atom is -0.356 e. The van der Waals surface area contributed by atoms with Crippen molar-refractivity contribution in [3.63, 3.8) is 0 Å². The summed E-state index contributed by atoms with van der Waals surface area (Å²) < 4.78 is 5.61. The highest BCUT2D eigenvalue weighted by atomic mass is 16.5. The molecule has 4 heteroatoms. The summed E-state index contributed by atoms with van der Waals surface area (Å²) in [7, 11) is 0. The fraction of sp³-hybridized carbons (Fsp3) is 0.333. The second-order valence-corrected chi connectivity index (χ2v) is 7.83. The summed E-state index contributed by atoms with van der Waals surface area (Å²) >= 11 is 0. The monoisotopic (exact) mass is 376 g/mol. The maximum atomic E-state index is 12.8. The number of hydrogen-bond acceptors (Lipinski definition) is 3. The minimum absolute atomic E-state index is 0.134. The lowest BCUT2D eigenvalue weighted by Gasteiger charge is -2.22. The first kappa shape index (κ1) is 19.9. The zero-order chi connectivity index (χ0) is 20.1. The van der Waals surface area contributed by atoms with Gasteiger partial charge in [-0.25, -0.2) is 0 Å². The molecule has 0 fully saturated rings. The first-order valence-corrected chi connectivity index (χ1v) is 9.77. The maximum absolute atomic E-state index is 12.8. The Morgan fingerprint density at radius 1 is 1.04 bits per heavy atom. The third-order valence-electron chi connectivity index (χ3n) is 4.72. The normalized spacial score (nSPS) is 11.0. The lowest BCUT2D eigenvalue weighted by Crippen LogP contribution is -2.31. The molecule has 0 saturated heterocycles. The summed E-state index contributed by atoms with van der Waals surface area (Å²) in [6.45, 7) is 9.25. The number of hydrogen-bond donors (Lipinski definition) is 0. The molecule has 0 aliphatic carbocycles. The van der Waals surface area contributed by atoms with Gasteiger partial charge in [0.25, 0.3) is 0 Å². The number of aromatic nitrogens is 1. The van der Waals surface area contributed by atoms with Gasteiger partial charge in [0, 0.05) is 24.6 Å². The molecule has 2 aromatic carbocycles. The fourth-order valence-corrected chi connectivity index (χ4v) is 3.22. The van der Waals surface area contributed by atoms with Crippen LogP contribution in [-0.2, 0) is 17.9 Å². The molecule has 0 aliphatic heterocycles. The van der Waals surface area contributed by atoms with Gasteiger partial charge in [-0.2, -0.15) is 0 Å². The van der Waals surface area contributed by atoms with E-state index in [4.69, 9.17) is 4.52 Å². The van der Waals surface area contributed by atoms with E-state index in [0.29, 0.717) is 25.4 Å². The molecule has 28 heavy (non-hydrogen) atoms. The van der Waals surface area contributed by atoms with E-state index in [1.165, 1.54) is 5.56 Å². The van der Waals surface area contributed by atoms with Gasteiger partial charge in [0.05, 0.1) is 6.54 Å². The average Bonchev–Trinajstić information content (AvgIpc) is 3.12. The number of aryl methyl sites for hydroxylation is 2. The van der Waals surface area contributed by atoms with Crippen LogP contribution in [0.2, 0.25) is 0 Å². The van der Waals surface area contributed by atoms with Crippen LogP contribution >= 0.6 is 0 Å². The summed E-state index contributed by atoms with van der Waals surface area (Å²) in [5.74, 6) is 1.19. The Bertz CT molecular complexity index is 929. The molecule has 0 unspecified atom stereocenters. The van der Waals surface area contributed by atoms with E-state index in [-0.39, 0.29) is 5.91 Å². The SMILES string of the molecule is Cc1ccc(C)c(-c2cc(CN(Cc3ccccc3)C(=O)CC(C)C)no2)c1. The van der Waals surface area contributed by atoms with Gasteiger partial charge in [-0.05, 0) is 37.0 Å². The van der Waals surface area contributed by atoms with Crippen LogP contribution in [0.5, 0.6) is 0 Å². The van der Waals surface area contributed by atoms with E-state index >= 15 is 0 Å². The molecule has 146 valence electrons. The molecule has 0 bridgehead atoms. The lowest BCUT2D eigenvalue weighted by atomic mass is 10.0. The molecule has 1 amide bonds. The van der Waals surface area contributed by atoms with Crippen molar-refractivity contribution in [3.8, 4) is 11.3 Å². The van der Waals surface area contributed by atoms with Crippen LogP contribution in [0, 0.1) is 19.8 Å². The van der Waals surface area contributed by atoms with Crippen molar-refractivity contribution in [2.75, 3.05) is 0 Å². The Morgan fingerprint density at radius 3 is 2.50 bits per heavy atom. The first-order chi connectivity index (χ1) is 13.4. The maximum Gasteiger partial charge on any atom is 0.223 e. The number of nitrogens with zero attached hydrogens (tertiary/aromatic N) is 2. The van der Waals surface area contributed by atoms with E-state index in [2.05, 4.69) is 51.1 Å². The zero-order valence-electron chi connectivity index (χ0n) is 17.1. The van der Waals surface area contributed by atoms with Gasteiger partial charge in [-0.1, -0.05) is 67.0 Å². The molecule has 1 aromatic heterocycles. The van der Waals surface area contributed by atoms with Gasteiger partial charge in [0.15, 0.2) is 5.76 Å². The van der Waals surface area contributed by atoms with E-state index in [9.17, 15) is 4.79 Å². The molecule has 3 aromatic rings. The van der Waals surface area contributed by atoms with Crippen molar-refractivity contribution in [3.05, 3.63) is 77.0 Å². The molecule has 0 aliphatic rings. The van der Waals surface area contributed by atoms with Gasteiger partial charge >= 0.3 is 0 Å². The molecule has 4 nitrogen and oxygen atoms in total. The van der Waals surface area contributed by atoms with Gasteiger partial charge in [-0.15, -0.1) is 0 Å². The second-order valence-electron chi connectivity index (χ2n) is 7.83. The highest BCUT2D eigenvalue weighted by molar-refractivity contribution is 5.76. The van der Waals surface area contributed by atoms with Crippen molar-refractivity contribution in [1.29, 1.82) is 0 Å². The summed E-state index contributed by atoms with van der Waals surface area (Å²) in [6, 6.07) is 18.3.